The number of aromatic nitrogens is 1. The molecule has 0 aliphatic heterocycles. The maximum Gasteiger partial charge on any atom is 0.0780 e. The monoisotopic (exact) mass is 234 g/mol. The number of benzene rings is 2. The van der Waals surface area contributed by atoms with Gasteiger partial charge in [0.25, 0.3) is 0 Å². The number of nitrogens with two attached hydrogens (primary N) is 1. The highest BCUT2D eigenvalue weighted by Gasteiger charge is 2.04. The van der Waals surface area contributed by atoms with Crippen molar-refractivity contribution in [3.8, 4) is 11.1 Å². The van der Waals surface area contributed by atoms with Gasteiger partial charge in [0.2, 0.25) is 0 Å². The van der Waals surface area contributed by atoms with Gasteiger partial charge in [-0.1, -0.05) is 42.5 Å². The van der Waals surface area contributed by atoms with Gasteiger partial charge in [0.1, 0.15) is 0 Å². The van der Waals surface area contributed by atoms with E-state index in [9.17, 15) is 0 Å². The van der Waals surface area contributed by atoms with Crippen molar-refractivity contribution in [2.24, 2.45) is 5.73 Å². The molecule has 0 atom stereocenters. The predicted octanol–water partition coefficient (Wildman–Crippen LogP) is 3.36. The molecule has 0 fully saturated rings. The minimum absolute atomic E-state index is 0.562. The van der Waals surface area contributed by atoms with Crippen molar-refractivity contribution in [2.75, 3.05) is 0 Å². The summed E-state index contributed by atoms with van der Waals surface area (Å²) in [6, 6.07) is 18.6. The van der Waals surface area contributed by atoms with Crippen LogP contribution >= 0.6 is 0 Å². The van der Waals surface area contributed by atoms with Gasteiger partial charge in [-0.3, -0.25) is 4.98 Å². The van der Waals surface area contributed by atoms with E-state index in [2.05, 4.69) is 41.4 Å². The molecule has 2 heteroatoms. The van der Waals surface area contributed by atoms with Crippen LogP contribution in [0.25, 0.3) is 22.0 Å². The van der Waals surface area contributed by atoms with Crippen LogP contribution in [-0.4, -0.2) is 4.98 Å². The molecular weight excluding hydrogens is 220 g/mol. The van der Waals surface area contributed by atoms with Crippen molar-refractivity contribution < 1.29 is 0 Å². The molecule has 18 heavy (non-hydrogen) atoms. The van der Waals surface area contributed by atoms with Gasteiger partial charge in [-0.25, -0.2) is 0 Å². The van der Waals surface area contributed by atoms with Gasteiger partial charge in [0.05, 0.1) is 5.52 Å². The SMILES string of the molecule is NCc1cccc(-c2cccc3cccnc23)c1. The summed E-state index contributed by atoms with van der Waals surface area (Å²) >= 11 is 0. The number of hydrogen-bond donors (Lipinski definition) is 1. The standard InChI is InChI=1S/C16H14N2/c17-11-12-4-1-6-14(10-12)15-8-2-5-13-7-3-9-18-16(13)15/h1-10H,11,17H2. The highest BCUT2D eigenvalue weighted by Crippen LogP contribution is 2.27. The zero-order chi connectivity index (χ0) is 12.4. The van der Waals surface area contributed by atoms with Crippen molar-refractivity contribution in [2.45, 2.75) is 6.54 Å². The molecule has 0 saturated carbocycles. The van der Waals surface area contributed by atoms with E-state index in [0.717, 1.165) is 22.0 Å². The topological polar surface area (TPSA) is 38.9 Å². The Hall–Kier alpha value is -2.19. The molecule has 0 aliphatic rings. The lowest BCUT2D eigenvalue weighted by Crippen LogP contribution is -1.96. The third kappa shape index (κ3) is 1.87. The van der Waals surface area contributed by atoms with Crippen LogP contribution in [0.3, 0.4) is 0 Å². The first-order chi connectivity index (χ1) is 8.88. The van der Waals surface area contributed by atoms with Crippen molar-refractivity contribution in [1.82, 2.24) is 4.98 Å². The molecule has 88 valence electrons. The lowest BCUT2D eigenvalue weighted by Gasteiger charge is -2.07. The third-order valence-corrected chi connectivity index (χ3v) is 3.11. The molecule has 0 radical (unpaired) electrons. The molecular formula is C16H14N2. The van der Waals surface area contributed by atoms with Crippen LogP contribution in [0.5, 0.6) is 0 Å². The Labute approximate surface area is 106 Å². The summed E-state index contributed by atoms with van der Waals surface area (Å²) < 4.78 is 0. The van der Waals surface area contributed by atoms with Crippen molar-refractivity contribution in [1.29, 1.82) is 0 Å². The Morgan fingerprint density at radius 3 is 2.67 bits per heavy atom. The van der Waals surface area contributed by atoms with Gasteiger partial charge in [0.15, 0.2) is 0 Å². The Kier molecular flexibility index (Phi) is 2.79. The van der Waals surface area contributed by atoms with Crippen LogP contribution in [0.1, 0.15) is 5.56 Å². The molecule has 2 nitrogen and oxygen atoms in total. The van der Waals surface area contributed by atoms with E-state index in [-0.39, 0.29) is 0 Å². The first-order valence-corrected chi connectivity index (χ1v) is 6.01. The van der Waals surface area contributed by atoms with E-state index in [4.69, 9.17) is 5.73 Å². The zero-order valence-electron chi connectivity index (χ0n) is 10.0. The summed E-state index contributed by atoms with van der Waals surface area (Å²) in [7, 11) is 0. The Morgan fingerprint density at radius 1 is 0.944 bits per heavy atom. The lowest BCUT2D eigenvalue weighted by atomic mass is 10.0. The van der Waals surface area contributed by atoms with Gasteiger partial charge in [-0.2, -0.15) is 0 Å². The molecule has 1 aromatic heterocycles. The Balaban J connectivity index is 2.24. The van der Waals surface area contributed by atoms with E-state index in [0.29, 0.717) is 6.54 Å². The van der Waals surface area contributed by atoms with Gasteiger partial charge >= 0.3 is 0 Å². The van der Waals surface area contributed by atoms with Crippen molar-refractivity contribution in [3.63, 3.8) is 0 Å². The summed E-state index contributed by atoms with van der Waals surface area (Å²) in [5.41, 5.74) is 10.2. The minimum atomic E-state index is 0.562. The summed E-state index contributed by atoms with van der Waals surface area (Å²) in [5, 5.41) is 1.16. The number of fused-ring (bicyclic) bond motifs is 1. The van der Waals surface area contributed by atoms with E-state index < -0.39 is 0 Å². The number of para-hydroxylation sites is 1. The van der Waals surface area contributed by atoms with Crippen molar-refractivity contribution in [3.05, 3.63) is 66.4 Å². The fourth-order valence-corrected chi connectivity index (χ4v) is 2.20. The summed E-state index contributed by atoms with van der Waals surface area (Å²) in [6.45, 7) is 0.562. The fraction of sp³-hybridized carbons (Fsp3) is 0.0625. The Bertz CT molecular complexity index is 684. The molecule has 0 aliphatic carbocycles. The maximum absolute atomic E-state index is 5.69. The van der Waals surface area contributed by atoms with E-state index in [1.54, 1.807) is 0 Å². The second kappa shape index (κ2) is 4.59. The van der Waals surface area contributed by atoms with E-state index in [1.807, 2.05) is 24.4 Å². The summed E-state index contributed by atoms with van der Waals surface area (Å²) in [5.74, 6) is 0. The van der Waals surface area contributed by atoms with Gasteiger partial charge in [0, 0.05) is 23.7 Å². The van der Waals surface area contributed by atoms with Gasteiger partial charge < -0.3 is 5.73 Å². The first-order valence-electron chi connectivity index (χ1n) is 6.01. The van der Waals surface area contributed by atoms with Crippen LogP contribution in [0.2, 0.25) is 0 Å². The minimum Gasteiger partial charge on any atom is -0.326 e. The van der Waals surface area contributed by atoms with Crippen LogP contribution in [0.4, 0.5) is 0 Å². The largest absolute Gasteiger partial charge is 0.326 e. The average Bonchev–Trinajstić information content (AvgIpc) is 2.47. The molecule has 0 spiro atoms. The second-order valence-corrected chi connectivity index (χ2v) is 4.29. The number of pyridine rings is 1. The van der Waals surface area contributed by atoms with E-state index >= 15 is 0 Å². The number of nitrogens with zero attached hydrogens (tertiary/aromatic N) is 1. The molecule has 2 N–H and O–H groups in total. The molecule has 0 amide bonds. The molecule has 0 bridgehead atoms. The average molecular weight is 234 g/mol. The highest BCUT2D eigenvalue weighted by molar-refractivity contribution is 5.93. The number of rotatable bonds is 2. The van der Waals surface area contributed by atoms with Crippen LogP contribution < -0.4 is 5.73 Å². The molecule has 1 heterocycles. The molecule has 3 rings (SSSR count). The van der Waals surface area contributed by atoms with Crippen LogP contribution in [0, 0.1) is 0 Å². The highest BCUT2D eigenvalue weighted by atomic mass is 14.6. The van der Waals surface area contributed by atoms with E-state index in [1.165, 1.54) is 5.56 Å². The summed E-state index contributed by atoms with van der Waals surface area (Å²) in [6.07, 6.45) is 1.83. The predicted molar refractivity (Wildman–Crippen MR) is 75.1 cm³/mol. The molecule has 0 saturated heterocycles. The summed E-state index contributed by atoms with van der Waals surface area (Å²) in [4.78, 5) is 4.48. The van der Waals surface area contributed by atoms with Gasteiger partial charge in [-0.05, 0) is 23.3 Å². The van der Waals surface area contributed by atoms with Crippen LogP contribution in [0.15, 0.2) is 60.8 Å². The molecule has 2 aromatic carbocycles. The Morgan fingerprint density at radius 2 is 1.78 bits per heavy atom. The number of hydrogen-bond acceptors (Lipinski definition) is 2. The fourth-order valence-electron chi connectivity index (χ4n) is 2.20. The molecule has 0 unspecified atom stereocenters. The molecule has 3 aromatic rings. The first kappa shape index (κ1) is 10.9. The quantitative estimate of drug-likeness (QED) is 0.738. The maximum atomic E-state index is 5.69. The van der Waals surface area contributed by atoms with Crippen LogP contribution in [-0.2, 0) is 6.54 Å². The second-order valence-electron chi connectivity index (χ2n) is 4.29. The smallest absolute Gasteiger partial charge is 0.0780 e. The normalized spacial score (nSPS) is 10.7. The zero-order valence-corrected chi connectivity index (χ0v) is 10.0. The third-order valence-electron chi connectivity index (χ3n) is 3.11. The van der Waals surface area contributed by atoms with Crippen molar-refractivity contribution >= 4 is 10.9 Å². The lowest BCUT2D eigenvalue weighted by molar-refractivity contribution is 1.07. The van der Waals surface area contributed by atoms with Gasteiger partial charge in [-0.15, -0.1) is 0 Å².